The number of rotatable bonds is 1. The van der Waals surface area contributed by atoms with Crippen molar-refractivity contribution < 1.29 is 27.9 Å². The van der Waals surface area contributed by atoms with Crippen molar-refractivity contribution >= 4 is 45.9 Å². The summed E-state index contributed by atoms with van der Waals surface area (Å²) in [5.74, 6) is -1.03. The van der Waals surface area contributed by atoms with Crippen LogP contribution in [0.1, 0.15) is 12.5 Å². The van der Waals surface area contributed by atoms with E-state index in [4.69, 9.17) is 5.11 Å². The first kappa shape index (κ1) is 15.5. The molecule has 0 fully saturated rings. The summed E-state index contributed by atoms with van der Waals surface area (Å²) in [6, 6.07) is 2.03. The van der Waals surface area contributed by atoms with Crippen LogP contribution in [0.3, 0.4) is 0 Å². The lowest BCUT2D eigenvalue weighted by Crippen LogP contribution is -2.34. The Labute approximate surface area is 129 Å². The first-order valence-corrected chi connectivity index (χ1v) is 6.49. The van der Waals surface area contributed by atoms with Gasteiger partial charge in [0, 0.05) is 13.1 Å². The van der Waals surface area contributed by atoms with Crippen molar-refractivity contribution in [3.8, 4) is 0 Å². The van der Waals surface area contributed by atoms with Crippen LogP contribution in [0.5, 0.6) is 0 Å². The number of anilines is 1. The summed E-state index contributed by atoms with van der Waals surface area (Å²) in [6.45, 7) is 1.02. The Hall–Kier alpha value is -1.85. The molecule has 0 radical (unpaired) electrons. The Balaban J connectivity index is 2.65. The molecule has 2 aromatic rings. The maximum Gasteiger partial charge on any atom is 0.420 e. The molecule has 0 atom stereocenters. The van der Waals surface area contributed by atoms with Crippen LogP contribution < -0.4 is 4.90 Å². The molecule has 1 N–H and O–H groups in total. The fraction of sp³-hybridized carbons (Fsp3) is 0.182. The number of alkyl halides is 3. The van der Waals surface area contributed by atoms with Crippen molar-refractivity contribution in [2.45, 2.75) is 13.1 Å². The van der Waals surface area contributed by atoms with E-state index >= 15 is 0 Å². The number of pyridine rings is 1. The minimum Gasteiger partial charge on any atom is -0.464 e. The van der Waals surface area contributed by atoms with Crippen LogP contribution in [-0.4, -0.2) is 26.7 Å². The van der Waals surface area contributed by atoms with Crippen LogP contribution in [0.15, 0.2) is 18.3 Å². The molecule has 6 nitrogen and oxygen atoms in total. The zero-order valence-corrected chi connectivity index (χ0v) is 12.5. The lowest BCUT2D eigenvalue weighted by atomic mass is 10.2. The molecular weight excluding hydrogens is 406 g/mol. The van der Waals surface area contributed by atoms with Gasteiger partial charge in [-0.2, -0.15) is 18.1 Å². The Kier molecular flexibility index (Phi) is 3.82. The first-order chi connectivity index (χ1) is 9.62. The largest absolute Gasteiger partial charge is 0.464 e. The minimum absolute atomic E-state index is 0.227. The van der Waals surface area contributed by atoms with Gasteiger partial charge in [-0.15, -0.1) is 5.10 Å². The molecule has 0 spiro atoms. The number of aromatic nitrogens is 2. The predicted molar refractivity (Wildman–Crippen MR) is 74.1 cm³/mol. The van der Waals surface area contributed by atoms with Crippen molar-refractivity contribution in [3.05, 3.63) is 27.5 Å². The molecule has 2 aromatic heterocycles. The van der Waals surface area contributed by atoms with E-state index in [1.807, 2.05) is 0 Å². The second kappa shape index (κ2) is 5.16. The zero-order valence-electron chi connectivity index (χ0n) is 10.3. The highest BCUT2D eigenvalue weighted by Crippen LogP contribution is 2.32. The number of halogens is 4. The molecule has 2 rings (SSSR count). The van der Waals surface area contributed by atoms with Gasteiger partial charge in [0.1, 0.15) is 0 Å². The monoisotopic (exact) mass is 413 g/mol. The number of hydrogen-bond acceptors (Lipinski definition) is 3. The van der Waals surface area contributed by atoms with E-state index in [0.29, 0.717) is 4.90 Å². The number of imide groups is 1. The van der Waals surface area contributed by atoms with Gasteiger partial charge in [0.15, 0.2) is 5.82 Å². The third-order valence-corrected chi connectivity index (χ3v) is 3.63. The van der Waals surface area contributed by atoms with Crippen LogP contribution in [0, 0.1) is 3.57 Å². The molecule has 21 heavy (non-hydrogen) atoms. The van der Waals surface area contributed by atoms with Gasteiger partial charge in [-0.05, 0) is 34.7 Å². The molecular formula is C11H7F3IN3O3. The van der Waals surface area contributed by atoms with E-state index < -0.39 is 23.7 Å². The second-order valence-electron chi connectivity index (χ2n) is 4.02. The number of carboxylic acid groups (broad SMARTS) is 1. The molecule has 2 heterocycles. The molecule has 0 aliphatic carbocycles. The number of hydrogen-bond donors (Lipinski definition) is 1. The summed E-state index contributed by atoms with van der Waals surface area (Å²) in [5, 5.41) is 12.8. The maximum atomic E-state index is 12.6. The normalized spacial score (nSPS) is 11.7. The quantitative estimate of drug-likeness (QED) is 0.730. The molecule has 2 amide bonds. The first-order valence-electron chi connectivity index (χ1n) is 5.41. The van der Waals surface area contributed by atoms with Crippen molar-refractivity contribution in [1.82, 2.24) is 9.61 Å². The third-order valence-electron chi connectivity index (χ3n) is 2.60. The summed E-state index contributed by atoms with van der Waals surface area (Å²) in [7, 11) is 0. The molecule has 10 heteroatoms. The van der Waals surface area contributed by atoms with Crippen molar-refractivity contribution in [2.24, 2.45) is 0 Å². The summed E-state index contributed by atoms with van der Waals surface area (Å²) in [5.41, 5.74) is -0.656. The van der Waals surface area contributed by atoms with Gasteiger partial charge in [0.25, 0.3) is 0 Å². The smallest absolute Gasteiger partial charge is 0.420 e. The SMILES string of the molecule is CC(=O)N(C(=O)O)c1nn2cc(C(F)(F)F)ccc2c1I. The van der Waals surface area contributed by atoms with Gasteiger partial charge in [-0.25, -0.2) is 9.31 Å². The Morgan fingerprint density at radius 2 is 2.00 bits per heavy atom. The molecule has 0 saturated heterocycles. The fourth-order valence-electron chi connectivity index (χ4n) is 1.69. The predicted octanol–water partition coefficient (Wildman–Crippen LogP) is 2.99. The van der Waals surface area contributed by atoms with Crippen LogP contribution in [-0.2, 0) is 11.0 Å². The number of amides is 2. The number of carbonyl (C=O) groups is 2. The number of fused-ring (bicyclic) bond motifs is 1. The fourth-order valence-corrected chi connectivity index (χ4v) is 2.47. The van der Waals surface area contributed by atoms with Gasteiger partial charge in [0.05, 0.1) is 14.7 Å². The lowest BCUT2D eigenvalue weighted by Gasteiger charge is -2.11. The molecule has 0 aliphatic heterocycles. The van der Waals surface area contributed by atoms with Crippen LogP contribution in [0.2, 0.25) is 0 Å². The van der Waals surface area contributed by atoms with Crippen LogP contribution in [0.4, 0.5) is 23.8 Å². The van der Waals surface area contributed by atoms with E-state index in [1.165, 1.54) is 6.07 Å². The standard InChI is InChI=1S/C11H7F3IN3O3/c1-5(19)18(10(20)21)9-8(15)7-3-2-6(11(12,13)14)4-17(7)16-9/h2-4H,1H3,(H,20,21). The zero-order chi connectivity index (χ0) is 15.9. The molecule has 0 aromatic carbocycles. The Morgan fingerprint density at radius 3 is 2.48 bits per heavy atom. The number of carbonyl (C=O) groups excluding carboxylic acids is 1. The number of nitrogens with zero attached hydrogens (tertiary/aromatic N) is 3. The van der Waals surface area contributed by atoms with Gasteiger partial charge in [-0.1, -0.05) is 0 Å². The highest BCUT2D eigenvalue weighted by molar-refractivity contribution is 14.1. The maximum absolute atomic E-state index is 12.6. The molecule has 0 saturated carbocycles. The summed E-state index contributed by atoms with van der Waals surface area (Å²) >= 11 is 1.73. The Morgan fingerprint density at radius 1 is 1.38 bits per heavy atom. The van der Waals surface area contributed by atoms with Crippen LogP contribution in [0.25, 0.3) is 5.52 Å². The van der Waals surface area contributed by atoms with E-state index in [1.54, 1.807) is 22.6 Å². The summed E-state index contributed by atoms with van der Waals surface area (Å²) in [6.07, 6.45) is -5.36. The van der Waals surface area contributed by atoms with Gasteiger partial charge in [0.2, 0.25) is 5.91 Å². The Bertz CT molecular complexity index is 727. The van der Waals surface area contributed by atoms with Crippen molar-refractivity contribution in [1.29, 1.82) is 0 Å². The van der Waals surface area contributed by atoms with Gasteiger partial charge < -0.3 is 5.11 Å². The van der Waals surface area contributed by atoms with Crippen molar-refractivity contribution in [2.75, 3.05) is 4.90 Å². The van der Waals surface area contributed by atoms with E-state index in [0.717, 1.165) is 23.7 Å². The topological polar surface area (TPSA) is 74.9 Å². The van der Waals surface area contributed by atoms with Crippen LogP contribution >= 0.6 is 22.6 Å². The molecule has 0 bridgehead atoms. The average molecular weight is 413 g/mol. The molecule has 112 valence electrons. The van der Waals surface area contributed by atoms with Gasteiger partial charge in [-0.3, -0.25) is 4.79 Å². The highest BCUT2D eigenvalue weighted by Gasteiger charge is 2.32. The summed E-state index contributed by atoms with van der Waals surface area (Å²) < 4.78 is 39.1. The van der Waals surface area contributed by atoms with E-state index in [9.17, 15) is 22.8 Å². The molecule has 0 aliphatic rings. The van der Waals surface area contributed by atoms with E-state index in [-0.39, 0.29) is 14.9 Å². The minimum atomic E-state index is -4.54. The lowest BCUT2D eigenvalue weighted by molar-refractivity contribution is -0.138. The second-order valence-corrected chi connectivity index (χ2v) is 5.10. The molecule has 0 unspecified atom stereocenters. The van der Waals surface area contributed by atoms with Crippen molar-refractivity contribution in [3.63, 3.8) is 0 Å². The average Bonchev–Trinajstić information content (AvgIpc) is 2.64. The van der Waals surface area contributed by atoms with E-state index in [2.05, 4.69) is 5.10 Å². The summed E-state index contributed by atoms with van der Waals surface area (Å²) in [4.78, 5) is 22.8. The van der Waals surface area contributed by atoms with Gasteiger partial charge >= 0.3 is 12.3 Å². The highest BCUT2D eigenvalue weighted by atomic mass is 127. The third kappa shape index (κ3) is 2.80.